The van der Waals surface area contributed by atoms with Gasteiger partial charge in [-0.1, -0.05) is 36.4 Å². The Morgan fingerprint density at radius 3 is 1.19 bits per heavy atom. The zero-order valence-corrected chi connectivity index (χ0v) is 16.1. The van der Waals surface area contributed by atoms with Gasteiger partial charge in [0.25, 0.3) is 0 Å². The number of carbonyl (C=O) groups excluding carboxylic acids is 2. The molecule has 2 aromatic carbocycles. The van der Waals surface area contributed by atoms with Crippen LogP contribution >= 0.6 is 0 Å². The predicted octanol–water partition coefficient (Wildman–Crippen LogP) is 1.61. The minimum atomic E-state index is -2.21. The Hall–Kier alpha value is -2.10. The van der Waals surface area contributed by atoms with Crippen LogP contribution in [-0.2, 0) is 19.1 Å². The molecule has 0 spiro atoms. The van der Waals surface area contributed by atoms with Crippen molar-refractivity contribution in [3.63, 3.8) is 0 Å². The van der Waals surface area contributed by atoms with Crippen LogP contribution in [0.1, 0.15) is 20.7 Å². The molecule has 8 nitrogen and oxygen atoms in total. The summed E-state index contributed by atoms with van der Waals surface area (Å²) in [6.45, 7) is 0. The van der Waals surface area contributed by atoms with E-state index in [2.05, 4.69) is 0 Å². The van der Waals surface area contributed by atoms with Crippen molar-refractivity contribution in [2.24, 2.45) is 0 Å². The van der Waals surface area contributed by atoms with Crippen LogP contribution in [0.2, 0.25) is 0 Å². The first kappa shape index (κ1) is 22.9. The number of aliphatic carboxylic acids is 2. The van der Waals surface area contributed by atoms with Crippen molar-refractivity contribution in [1.29, 1.82) is 0 Å². The fraction of sp³-hybridized carbons (Fsp3) is 0.111. The van der Waals surface area contributed by atoms with Crippen molar-refractivity contribution in [2.45, 2.75) is 12.2 Å². The van der Waals surface area contributed by atoms with E-state index in [1.807, 2.05) is 0 Å². The SMILES string of the molecule is O=C(OC(C(=O)O)C(OC(=O)c1ccccc1)C(=O)O)c1ccccc1.[Eu]. The summed E-state index contributed by atoms with van der Waals surface area (Å²) in [6.07, 6.45) is -4.43. The van der Waals surface area contributed by atoms with Crippen molar-refractivity contribution in [1.82, 2.24) is 0 Å². The molecule has 2 aromatic rings. The molecule has 27 heavy (non-hydrogen) atoms. The molecule has 0 amide bonds. The average molecular weight is 510 g/mol. The van der Waals surface area contributed by atoms with E-state index < -0.39 is 36.1 Å². The average Bonchev–Trinajstić information content (AvgIpc) is 2.65. The van der Waals surface area contributed by atoms with Crippen LogP contribution in [0.3, 0.4) is 0 Å². The zero-order valence-electron chi connectivity index (χ0n) is 13.7. The number of carboxylic acids is 2. The summed E-state index contributed by atoms with van der Waals surface area (Å²) in [6, 6.07) is 14.8. The molecule has 2 atom stereocenters. The number of benzene rings is 2. The fourth-order valence-electron chi connectivity index (χ4n) is 2.00. The second-order valence-electron chi connectivity index (χ2n) is 5.06. The first-order valence-electron chi connectivity index (χ1n) is 7.38. The van der Waals surface area contributed by atoms with Crippen molar-refractivity contribution in [3.8, 4) is 0 Å². The van der Waals surface area contributed by atoms with Crippen LogP contribution in [0, 0.1) is 49.4 Å². The van der Waals surface area contributed by atoms with Gasteiger partial charge in [-0.3, -0.25) is 0 Å². The summed E-state index contributed by atoms with van der Waals surface area (Å²) >= 11 is 0. The Morgan fingerprint density at radius 2 is 0.926 bits per heavy atom. The number of rotatable bonds is 7. The van der Waals surface area contributed by atoms with Crippen LogP contribution in [0.4, 0.5) is 0 Å². The Balaban J connectivity index is 0.00000364. The third kappa shape index (κ3) is 6.53. The van der Waals surface area contributed by atoms with Gasteiger partial charge >= 0.3 is 23.9 Å². The van der Waals surface area contributed by atoms with E-state index in [4.69, 9.17) is 9.47 Å². The number of esters is 2. The fourth-order valence-corrected chi connectivity index (χ4v) is 2.00. The normalized spacial score (nSPS) is 12.0. The maximum atomic E-state index is 12.0. The topological polar surface area (TPSA) is 127 Å². The summed E-state index contributed by atoms with van der Waals surface area (Å²) in [5.41, 5.74) is 0.0505. The van der Waals surface area contributed by atoms with Crippen molar-refractivity contribution in [3.05, 3.63) is 71.8 Å². The molecule has 9 heteroatoms. The Labute approximate surface area is 194 Å². The maximum absolute atomic E-state index is 12.0. The zero-order chi connectivity index (χ0) is 19.1. The van der Waals surface area contributed by atoms with Crippen LogP contribution in [-0.4, -0.2) is 46.3 Å². The summed E-state index contributed by atoms with van der Waals surface area (Å²) < 4.78 is 9.52. The standard InChI is InChI=1S/C18H14O8.Eu/c19-15(20)13(25-17(23)11-7-3-1-4-8-11)14(16(21)22)26-18(24)12-9-5-2-6-10-12;/h1-10,13-14H,(H,19,20)(H,21,22);. The van der Waals surface area contributed by atoms with Gasteiger partial charge in [-0.25, -0.2) is 19.2 Å². The third-order valence-corrected chi connectivity index (χ3v) is 3.25. The molecule has 0 aliphatic rings. The van der Waals surface area contributed by atoms with E-state index in [-0.39, 0.29) is 60.5 Å². The molecular formula is C18H14EuO8. The van der Waals surface area contributed by atoms with E-state index in [0.29, 0.717) is 0 Å². The van der Waals surface area contributed by atoms with Gasteiger partial charge in [0.05, 0.1) is 11.1 Å². The van der Waals surface area contributed by atoms with Gasteiger partial charge in [-0.2, -0.15) is 0 Å². The van der Waals surface area contributed by atoms with Crippen molar-refractivity contribution >= 4 is 23.9 Å². The summed E-state index contributed by atoms with van der Waals surface area (Å²) in [7, 11) is 0. The van der Waals surface area contributed by atoms with Gasteiger partial charge in [-0.05, 0) is 24.3 Å². The molecule has 2 rings (SSSR count). The predicted molar refractivity (Wildman–Crippen MR) is 86.6 cm³/mol. The molecule has 0 aliphatic carbocycles. The number of ether oxygens (including phenoxy) is 2. The molecule has 1 radical (unpaired) electrons. The molecule has 2 unspecified atom stereocenters. The number of carboxylic acid groups (broad SMARTS) is 2. The summed E-state index contributed by atoms with van der Waals surface area (Å²) in [4.78, 5) is 46.8. The second-order valence-corrected chi connectivity index (χ2v) is 5.06. The van der Waals surface area contributed by atoms with Gasteiger partial charge < -0.3 is 19.7 Å². The molecule has 0 aliphatic heterocycles. The minimum absolute atomic E-state index is 0. The van der Waals surface area contributed by atoms with Gasteiger partial charge in [0.15, 0.2) is 0 Å². The Morgan fingerprint density at radius 1 is 0.630 bits per heavy atom. The molecule has 0 bridgehead atoms. The van der Waals surface area contributed by atoms with Crippen LogP contribution in [0.5, 0.6) is 0 Å². The van der Waals surface area contributed by atoms with Gasteiger partial charge in [0.2, 0.25) is 12.2 Å². The molecule has 0 aromatic heterocycles. The first-order chi connectivity index (χ1) is 12.4. The van der Waals surface area contributed by atoms with Crippen molar-refractivity contribution in [2.75, 3.05) is 0 Å². The molecule has 0 heterocycles. The second kappa shape index (κ2) is 10.9. The maximum Gasteiger partial charge on any atom is 0.349 e. The third-order valence-electron chi connectivity index (χ3n) is 3.25. The number of hydrogen-bond acceptors (Lipinski definition) is 6. The monoisotopic (exact) mass is 511 g/mol. The molecule has 0 saturated heterocycles. The summed E-state index contributed by atoms with van der Waals surface area (Å²) in [5.74, 6) is -5.63. The van der Waals surface area contributed by atoms with E-state index >= 15 is 0 Å². The summed E-state index contributed by atoms with van der Waals surface area (Å²) in [5, 5.41) is 18.5. The first-order valence-corrected chi connectivity index (χ1v) is 7.38. The van der Waals surface area contributed by atoms with Gasteiger partial charge in [-0.15, -0.1) is 0 Å². The molecule has 0 saturated carbocycles. The quantitative estimate of drug-likeness (QED) is 0.538. The smallest absolute Gasteiger partial charge is 0.349 e. The van der Waals surface area contributed by atoms with E-state index in [1.165, 1.54) is 48.5 Å². The van der Waals surface area contributed by atoms with Crippen molar-refractivity contribution < 1.29 is 88.2 Å². The van der Waals surface area contributed by atoms with Gasteiger partial charge in [0, 0.05) is 49.4 Å². The number of carbonyl (C=O) groups is 4. The van der Waals surface area contributed by atoms with Crippen LogP contribution in [0.15, 0.2) is 60.7 Å². The van der Waals surface area contributed by atoms with Gasteiger partial charge in [0.1, 0.15) is 0 Å². The largest absolute Gasteiger partial charge is 0.478 e. The molecule has 2 N–H and O–H groups in total. The van der Waals surface area contributed by atoms with E-state index in [1.54, 1.807) is 12.1 Å². The Bertz CT molecular complexity index is 737. The minimum Gasteiger partial charge on any atom is -0.478 e. The van der Waals surface area contributed by atoms with E-state index in [9.17, 15) is 29.4 Å². The Kier molecular flexibility index (Phi) is 9.27. The number of hydrogen-bond donors (Lipinski definition) is 2. The van der Waals surface area contributed by atoms with Crippen LogP contribution in [0.25, 0.3) is 0 Å². The van der Waals surface area contributed by atoms with E-state index in [0.717, 1.165) is 0 Å². The van der Waals surface area contributed by atoms with Crippen LogP contribution < -0.4 is 0 Å². The molecular weight excluding hydrogens is 496 g/mol. The molecule has 0 fully saturated rings. The molecule has 141 valence electrons.